The number of carbonyl (C=O) groups excluding carboxylic acids is 1. The molecule has 0 fully saturated rings. The molecular formula is C18H19N5O3. The van der Waals surface area contributed by atoms with E-state index in [0.717, 1.165) is 17.7 Å². The van der Waals surface area contributed by atoms with Crippen molar-refractivity contribution in [1.29, 1.82) is 0 Å². The molecule has 1 aromatic carbocycles. The predicted molar refractivity (Wildman–Crippen MR) is 94.8 cm³/mol. The number of carbonyl (C=O) groups is 1. The van der Waals surface area contributed by atoms with Gasteiger partial charge in [0.1, 0.15) is 11.1 Å². The summed E-state index contributed by atoms with van der Waals surface area (Å²) in [5, 5.41) is 7.53. The molecular weight excluding hydrogens is 334 g/mol. The van der Waals surface area contributed by atoms with Crippen LogP contribution in [0.3, 0.4) is 0 Å². The van der Waals surface area contributed by atoms with Crippen LogP contribution in [0, 0.1) is 0 Å². The highest BCUT2D eigenvalue weighted by atomic mass is 16.5. The molecule has 0 radical (unpaired) electrons. The zero-order valence-electron chi connectivity index (χ0n) is 14.4. The smallest absolute Gasteiger partial charge is 0.264 e. The van der Waals surface area contributed by atoms with Gasteiger partial charge in [0.15, 0.2) is 5.65 Å². The van der Waals surface area contributed by atoms with Crippen LogP contribution in [0.2, 0.25) is 0 Å². The Hall–Kier alpha value is -3.16. The minimum atomic E-state index is -0.188. The lowest BCUT2D eigenvalue weighted by Gasteiger charge is -2.26. The lowest BCUT2D eigenvalue weighted by molar-refractivity contribution is -0.122. The second-order valence-electron chi connectivity index (χ2n) is 6.29. The van der Waals surface area contributed by atoms with Gasteiger partial charge in [-0.15, -0.1) is 0 Å². The number of nitrogens with one attached hydrogen (secondary N) is 1. The summed E-state index contributed by atoms with van der Waals surface area (Å²) in [6, 6.07) is 7.65. The van der Waals surface area contributed by atoms with E-state index >= 15 is 0 Å². The Morgan fingerprint density at radius 3 is 3.12 bits per heavy atom. The van der Waals surface area contributed by atoms with Crippen LogP contribution in [0.5, 0.6) is 5.75 Å². The summed E-state index contributed by atoms with van der Waals surface area (Å²) in [5.74, 6) is 0.705. The van der Waals surface area contributed by atoms with Gasteiger partial charge in [-0.3, -0.25) is 18.8 Å². The average Bonchev–Trinajstić information content (AvgIpc) is 3.03. The predicted octanol–water partition coefficient (Wildman–Crippen LogP) is 1.16. The first kappa shape index (κ1) is 16.3. The number of hydrogen-bond acceptors (Lipinski definition) is 5. The molecule has 3 heterocycles. The largest absolute Gasteiger partial charge is 0.493 e. The summed E-state index contributed by atoms with van der Waals surface area (Å²) in [6.07, 6.45) is 3.89. The average molecular weight is 353 g/mol. The maximum atomic E-state index is 12.4. The van der Waals surface area contributed by atoms with E-state index in [1.165, 1.54) is 17.1 Å². The van der Waals surface area contributed by atoms with Crippen LogP contribution < -0.4 is 15.6 Å². The van der Waals surface area contributed by atoms with Gasteiger partial charge in [-0.1, -0.05) is 18.2 Å². The molecule has 1 atom stereocenters. The van der Waals surface area contributed by atoms with Gasteiger partial charge in [0, 0.05) is 32.0 Å². The molecule has 1 aliphatic rings. The van der Waals surface area contributed by atoms with Gasteiger partial charge >= 0.3 is 0 Å². The van der Waals surface area contributed by atoms with Gasteiger partial charge in [0.25, 0.3) is 5.56 Å². The summed E-state index contributed by atoms with van der Waals surface area (Å²) >= 11 is 0. The molecule has 2 aromatic heterocycles. The molecule has 4 rings (SSSR count). The molecule has 8 heteroatoms. The van der Waals surface area contributed by atoms with Crippen LogP contribution in [0.25, 0.3) is 11.0 Å². The maximum absolute atomic E-state index is 12.4. The number of aromatic nitrogens is 4. The summed E-state index contributed by atoms with van der Waals surface area (Å²) < 4.78 is 8.61. The Morgan fingerprint density at radius 1 is 1.38 bits per heavy atom. The van der Waals surface area contributed by atoms with Crippen molar-refractivity contribution in [3.05, 3.63) is 52.7 Å². The Bertz CT molecular complexity index is 1020. The number of nitrogens with zero attached hydrogens (tertiary/aromatic N) is 4. The van der Waals surface area contributed by atoms with Gasteiger partial charge in [0.2, 0.25) is 5.91 Å². The number of fused-ring (bicyclic) bond motifs is 2. The minimum Gasteiger partial charge on any atom is -0.493 e. The fraction of sp³-hybridized carbons (Fsp3) is 0.333. The first-order chi connectivity index (χ1) is 12.6. The van der Waals surface area contributed by atoms with Gasteiger partial charge in [-0.05, 0) is 6.07 Å². The normalized spacial score (nSPS) is 16.1. The molecule has 0 aliphatic carbocycles. The summed E-state index contributed by atoms with van der Waals surface area (Å²) in [5.41, 5.74) is 1.34. The Balaban J connectivity index is 1.44. The quantitative estimate of drug-likeness (QED) is 0.760. The third kappa shape index (κ3) is 2.94. The number of ether oxygens (including phenoxy) is 1. The number of rotatable bonds is 4. The zero-order valence-corrected chi connectivity index (χ0v) is 14.4. The zero-order chi connectivity index (χ0) is 18.1. The number of amides is 1. The third-order valence-corrected chi connectivity index (χ3v) is 4.59. The van der Waals surface area contributed by atoms with Crippen molar-refractivity contribution in [2.75, 3.05) is 6.61 Å². The van der Waals surface area contributed by atoms with Crippen LogP contribution in [-0.4, -0.2) is 31.8 Å². The van der Waals surface area contributed by atoms with Crippen molar-refractivity contribution in [3.8, 4) is 5.75 Å². The van der Waals surface area contributed by atoms with E-state index in [9.17, 15) is 9.59 Å². The molecule has 134 valence electrons. The van der Waals surface area contributed by atoms with Crippen LogP contribution in [0.1, 0.15) is 24.4 Å². The molecule has 0 saturated heterocycles. The molecule has 0 saturated carbocycles. The van der Waals surface area contributed by atoms with Crippen LogP contribution in [0.15, 0.2) is 41.6 Å². The maximum Gasteiger partial charge on any atom is 0.264 e. The molecule has 0 spiro atoms. The van der Waals surface area contributed by atoms with Crippen molar-refractivity contribution in [2.24, 2.45) is 7.05 Å². The van der Waals surface area contributed by atoms with Crippen molar-refractivity contribution < 1.29 is 9.53 Å². The molecule has 1 aliphatic heterocycles. The summed E-state index contributed by atoms with van der Waals surface area (Å²) in [7, 11) is 1.73. The Morgan fingerprint density at radius 2 is 2.23 bits per heavy atom. The molecule has 1 N–H and O–H groups in total. The van der Waals surface area contributed by atoms with Gasteiger partial charge < -0.3 is 10.1 Å². The molecule has 3 aromatic rings. The molecule has 1 amide bonds. The lowest BCUT2D eigenvalue weighted by atomic mass is 10.0. The van der Waals surface area contributed by atoms with E-state index < -0.39 is 0 Å². The van der Waals surface area contributed by atoms with E-state index in [0.29, 0.717) is 17.6 Å². The Kier molecular flexibility index (Phi) is 4.16. The van der Waals surface area contributed by atoms with Crippen molar-refractivity contribution in [3.63, 3.8) is 0 Å². The molecule has 0 unspecified atom stereocenters. The fourth-order valence-corrected chi connectivity index (χ4v) is 3.21. The first-order valence-corrected chi connectivity index (χ1v) is 8.52. The van der Waals surface area contributed by atoms with E-state index in [-0.39, 0.29) is 30.5 Å². The van der Waals surface area contributed by atoms with Gasteiger partial charge in [0.05, 0.1) is 25.2 Å². The first-order valence-electron chi connectivity index (χ1n) is 8.52. The lowest BCUT2D eigenvalue weighted by Crippen LogP contribution is -2.33. The van der Waals surface area contributed by atoms with Crippen LogP contribution in [0.4, 0.5) is 0 Å². The van der Waals surface area contributed by atoms with E-state index in [4.69, 9.17) is 4.74 Å². The molecule has 8 nitrogen and oxygen atoms in total. The second-order valence-corrected chi connectivity index (χ2v) is 6.29. The standard InChI is InChI=1S/C18H19N5O3/c1-22-17-13(10-20-22)18(25)23(11-19-17)8-6-16(24)21-14-7-9-26-15-5-3-2-4-12(14)15/h2-5,10-11,14H,6-9H2,1H3,(H,21,24)/t14-/m1/s1. The monoisotopic (exact) mass is 353 g/mol. The topological polar surface area (TPSA) is 91.0 Å². The highest BCUT2D eigenvalue weighted by molar-refractivity contribution is 5.76. The summed E-state index contributed by atoms with van der Waals surface area (Å²) in [4.78, 5) is 29.0. The van der Waals surface area contributed by atoms with E-state index in [1.54, 1.807) is 11.7 Å². The number of aryl methyl sites for hydroxylation is 2. The Labute approximate surface area is 149 Å². The van der Waals surface area contributed by atoms with Gasteiger partial charge in [-0.2, -0.15) is 5.10 Å². The number of benzene rings is 1. The molecule has 26 heavy (non-hydrogen) atoms. The highest BCUT2D eigenvalue weighted by Gasteiger charge is 2.22. The van der Waals surface area contributed by atoms with E-state index in [1.807, 2.05) is 24.3 Å². The van der Waals surface area contributed by atoms with Crippen LogP contribution in [-0.2, 0) is 18.4 Å². The van der Waals surface area contributed by atoms with Crippen molar-refractivity contribution in [2.45, 2.75) is 25.4 Å². The minimum absolute atomic E-state index is 0.0666. The van der Waals surface area contributed by atoms with Crippen molar-refractivity contribution >= 4 is 16.9 Å². The molecule has 0 bridgehead atoms. The SMILES string of the molecule is Cn1ncc2c(=O)n(CCC(=O)N[C@@H]3CCOc4ccccc43)cnc21. The van der Waals surface area contributed by atoms with Crippen LogP contribution >= 0.6 is 0 Å². The number of para-hydroxylation sites is 1. The van der Waals surface area contributed by atoms with Gasteiger partial charge in [-0.25, -0.2) is 4.98 Å². The van der Waals surface area contributed by atoms with Crippen molar-refractivity contribution in [1.82, 2.24) is 24.6 Å². The van der Waals surface area contributed by atoms with E-state index in [2.05, 4.69) is 15.4 Å². The number of hydrogen-bond donors (Lipinski definition) is 1. The second kappa shape index (κ2) is 6.62. The summed E-state index contributed by atoms with van der Waals surface area (Å²) in [6.45, 7) is 0.844. The fourth-order valence-electron chi connectivity index (χ4n) is 3.21. The third-order valence-electron chi connectivity index (χ3n) is 4.59. The highest BCUT2D eigenvalue weighted by Crippen LogP contribution is 2.31.